The topological polar surface area (TPSA) is 62.1 Å². The third-order valence-electron chi connectivity index (χ3n) is 5.11. The van der Waals surface area contributed by atoms with Crippen molar-refractivity contribution in [1.82, 2.24) is 5.32 Å². The quantitative estimate of drug-likeness (QED) is 0.388. The van der Waals surface area contributed by atoms with E-state index in [1.807, 2.05) is 20.8 Å². The molecule has 162 valence electrons. The molecule has 0 saturated heterocycles. The zero-order chi connectivity index (χ0) is 21.7. The Labute approximate surface area is 178 Å². The number of nitrogens with zero attached hydrogens (tertiary/aromatic N) is 1. The van der Waals surface area contributed by atoms with Crippen LogP contribution in [0.5, 0.6) is 0 Å². The number of nitriles is 1. The normalized spacial score (nSPS) is 13.4. The maximum atomic E-state index is 11.8. The first-order valence-electron chi connectivity index (χ1n) is 11.2. The third kappa shape index (κ3) is 11.5. The summed E-state index contributed by atoms with van der Waals surface area (Å²) >= 11 is 0. The van der Waals surface area contributed by atoms with Crippen molar-refractivity contribution < 1.29 is 9.53 Å². The predicted molar refractivity (Wildman–Crippen MR) is 120 cm³/mol. The Morgan fingerprint density at radius 2 is 1.69 bits per heavy atom. The van der Waals surface area contributed by atoms with Gasteiger partial charge < -0.3 is 10.1 Å². The summed E-state index contributed by atoms with van der Waals surface area (Å²) in [6.45, 7) is 9.98. The minimum absolute atomic E-state index is 0.539. The summed E-state index contributed by atoms with van der Waals surface area (Å²) in [5.74, 6) is 0.580. The van der Waals surface area contributed by atoms with Gasteiger partial charge in [-0.15, -0.1) is 0 Å². The number of ether oxygens (including phenoxy) is 1. The van der Waals surface area contributed by atoms with Crippen LogP contribution >= 0.6 is 0 Å². The molecule has 1 rings (SSSR count). The van der Waals surface area contributed by atoms with Gasteiger partial charge in [0.2, 0.25) is 0 Å². The number of carbonyl (C=O) groups excluding carboxylic acids is 1. The van der Waals surface area contributed by atoms with Crippen molar-refractivity contribution >= 4 is 6.09 Å². The molecule has 1 N–H and O–H groups in total. The molecule has 0 saturated carbocycles. The summed E-state index contributed by atoms with van der Waals surface area (Å²) in [6, 6.07) is 10.3. The number of benzene rings is 1. The Morgan fingerprint density at radius 1 is 1.07 bits per heavy atom. The van der Waals surface area contributed by atoms with Gasteiger partial charge in [-0.2, -0.15) is 5.26 Å². The highest BCUT2D eigenvalue weighted by Gasteiger charge is 2.19. The standard InChI is InChI=1S/C25H40N2O2/c1-6-7-8-9-10-11-12-20(2)22-16-13-21(14-17-22)15-18-23(19-26)27-24(28)29-25(3,4)5/h13-14,16-17,20,23H,6-12,15,18H2,1-5H3,(H,27,28). The molecule has 0 aliphatic heterocycles. The lowest BCUT2D eigenvalue weighted by molar-refractivity contribution is 0.0514. The van der Waals surface area contributed by atoms with Gasteiger partial charge in [0.05, 0.1) is 6.07 Å². The van der Waals surface area contributed by atoms with Crippen LogP contribution in [0, 0.1) is 11.3 Å². The predicted octanol–water partition coefficient (Wildman–Crippen LogP) is 6.89. The molecule has 1 aromatic rings. The summed E-state index contributed by atoms with van der Waals surface area (Å²) in [5, 5.41) is 11.9. The van der Waals surface area contributed by atoms with E-state index >= 15 is 0 Å². The molecule has 0 bridgehead atoms. The molecule has 1 amide bonds. The van der Waals surface area contributed by atoms with Gasteiger partial charge in [0, 0.05) is 0 Å². The average Bonchev–Trinajstić information content (AvgIpc) is 2.66. The van der Waals surface area contributed by atoms with Crippen molar-refractivity contribution in [2.75, 3.05) is 0 Å². The maximum absolute atomic E-state index is 11.8. The number of alkyl carbamates (subject to hydrolysis) is 1. The summed E-state index contributed by atoms with van der Waals surface area (Å²) in [4.78, 5) is 11.8. The zero-order valence-corrected chi connectivity index (χ0v) is 19.1. The average molecular weight is 401 g/mol. The van der Waals surface area contributed by atoms with Crippen molar-refractivity contribution in [2.45, 2.75) is 110 Å². The van der Waals surface area contributed by atoms with Crippen LogP contribution in [-0.2, 0) is 11.2 Å². The smallest absolute Gasteiger partial charge is 0.408 e. The van der Waals surface area contributed by atoms with Crippen molar-refractivity contribution in [3.05, 3.63) is 35.4 Å². The maximum Gasteiger partial charge on any atom is 0.408 e. The molecule has 2 unspecified atom stereocenters. The monoisotopic (exact) mass is 400 g/mol. The van der Waals surface area contributed by atoms with E-state index in [2.05, 4.69) is 49.5 Å². The van der Waals surface area contributed by atoms with Gasteiger partial charge in [0.1, 0.15) is 11.6 Å². The number of hydrogen-bond acceptors (Lipinski definition) is 3. The lowest BCUT2D eigenvalue weighted by Gasteiger charge is -2.21. The van der Waals surface area contributed by atoms with Crippen molar-refractivity contribution in [3.8, 4) is 6.07 Å². The molecule has 0 aromatic heterocycles. The zero-order valence-electron chi connectivity index (χ0n) is 19.1. The molecule has 4 nitrogen and oxygen atoms in total. The highest BCUT2D eigenvalue weighted by Crippen LogP contribution is 2.23. The molecule has 2 atom stereocenters. The molecule has 4 heteroatoms. The number of rotatable bonds is 12. The second-order valence-electron chi connectivity index (χ2n) is 9.07. The first kappa shape index (κ1) is 25.0. The fraction of sp³-hybridized carbons (Fsp3) is 0.680. The van der Waals surface area contributed by atoms with Crippen LogP contribution in [0.3, 0.4) is 0 Å². The van der Waals surface area contributed by atoms with Crippen LogP contribution in [0.2, 0.25) is 0 Å². The van der Waals surface area contributed by atoms with E-state index in [1.54, 1.807) is 0 Å². The molecular weight excluding hydrogens is 360 g/mol. The number of unbranched alkanes of at least 4 members (excludes halogenated alkanes) is 5. The molecule has 0 radical (unpaired) electrons. The largest absolute Gasteiger partial charge is 0.444 e. The Hall–Kier alpha value is -2.02. The van der Waals surface area contributed by atoms with Crippen molar-refractivity contribution in [2.24, 2.45) is 0 Å². The Balaban J connectivity index is 2.39. The van der Waals surface area contributed by atoms with E-state index in [9.17, 15) is 10.1 Å². The van der Waals surface area contributed by atoms with E-state index in [4.69, 9.17) is 4.74 Å². The second-order valence-corrected chi connectivity index (χ2v) is 9.07. The SMILES string of the molecule is CCCCCCCCC(C)c1ccc(CCC(C#N)NC(=O)OC(C)(C)C)cc1. The minimum atomic E-state index is -0.563. The molecule has 0 heterocycles. The van der Waals surface area contributed by atoms with Crippen LogP contribution in [-0.4, -0.2) is 17.7 Å². The van der Waals surface area contributed by atoms with Gasteiger partial charge in [-0.05, 0) is 57.1 Å². The number of carbonyl (C=O) groups is 1. The highest BCUT2D eigenvalue weighted by molar-refractivity contribution is 5.68. The Morgan fingerprint density at radius 3 is 2.28 bits per heavy atom. The third-order valence-corrected chi connectivity index (χ3v) is 5.11. The number of aryl methyl sites for hydroxylation is 1. The summed E-state index contributed by atoms with van der Waals surface area (Å²) in [6.07, 6.45) is 10.0. The van der Waals surface area contributed by atoms with Crippen LogP contribution in [0.1, 0.15) is 103 Å². The number of nitrogens with one attached hydrogen (secondary N) is 1. The van der Waals surface area contributed by atoms with Crippen LogP contribution in [0.4, 0.5) is 4.79 Å². The summed E-state index contributed by atoms with van der Waals surface area (Å²) < 4.78 is 5.22. The first-order valence-corrected chi connectivity index (χ1v) is 11.2. The van der Waals surface area contributed by atoms with Crippen LogP contribution < -0.4 is 5.32 Å². The molecule has 0 aliphatic rings. The number of hydrogen-bond donors (Lipinski definition) is 1. The fourth-order valence-electron chi connectivity index (χ4n) is 3.34. The van der Waals surface area contributed by atoms with Crippen molar-refractivity contribution in [3.63, 3.8) is 0 Å². The number of amides is 1. The fourth-order valence-corrected chi connectivity index (χ4v) is 3.34. The van der Waals surface area contributed by atoms with Gasteiger partial charge in [0.25, 0.3) is 0 Å². The van der Waals surface area contributed by atoms with E-state index in [0.717, 1.165) is 6.42 Å². The summed E-state index contributed by atoms with van der Waals surface area (Å²) in [5.41, 5.74) is 2.00. The lowest BCUT2D eigenvalue weighted by atomic mass is 9.93. The minimum Gasteiger partial charge on any atom is -0.444 e. The Kier molecular flexibility index (Phi) is 11.4. The van der Waals surface area contributed by atoms with Crippen LogP contribution in [0.25, 0.3) is 0 Å². The van der Waals surface area contributed by atoms with E-state index in [0.29, 0.717) is 12.3 Å². The molecule has 0 spiro atoms. The van der Waals surface area contributed by atoms with Crippen molar-refractivity contribution in [1.29, 1.82) is 5.26 Å². The van der Waals surface area contributed by atoms with Crippen LogP contribution in [0.15, 0.2) is 24.3 Å². The molecule has 0 aliphatic carbocycles. The highest BCUT2D eigenvalue weighted by atomic mass is 16.6. The first-order chi connectivity index (χ1) is 13.7. The molecular formula is C25H40N2O2. The molecule has 1 aromatic carbocycles. The second kappa shape index (κ2) is 13.2. The van der Waals surface area contributed by atoms with Gasteiger partial charge in [0.15, 0.2) is 0 Å². The van der Waals surface area contributed by atoms with Gasteiger partial charge in [-0.1, -0.05) is 76.6 Å². The van der Waals surface area contributed by atoms with Gasteiger partial charge >= 0.3 is 6.09 Å². The van der Waals surface area contributed by atoms with E-state index < -0.39 is 17.7 Å². The van der Waals surface area contributed by atoms with Gasteiger partial charge in [-0.3, -0.25) is 0 Å². The van der Waals surface area contributed by atoms with Gasteiger partial charge in [-0.25, -0.2) is 4.79 Å². The van der Waals surface area contributed by atoms with E-state index in [-0.39, 0.29) is 0 Å². The molecule has 29 heavy (non-hydrogen) atoms. The van der Waals surface area contributed by atoms with E-state index in [1.165, 1.54) is 56.1 Å². The summed E-state index contributed by atoms with van der Waals surface area (Å²) in [7, 11) is 0. The molecule has 0 fully saturated rings. The lowest BCUT2D eigenvalue weighted by Crippen LogP contribution is -2.38. The Bertz CT molecular complexity index is 626.